The van der Waals surface area contributed by atoms with E-state index < -0.39 is 0 Å². The fourth-order valence-corrected chi connectivity index (χ4v) is 3.85. The summed E-state index contributed by atoms with van der Waals surface area (Å²) in [5.74, 6) is 0.547. The third-order valence-electron chi connectivity index (χ3n) is 5.61. The summed E-state index contributed by atoms with van der Waals surface area (Å²) in [6, 6.07) is 5.48. The largest absolute Gasteiger partial charge is 0.463 e. The standard InChI is InChI=1S/C21H26N4O3.ClH/c1-4-6-14-18-13(20(26)25-9-8-17(22)21(2,3)12-25)11-15(16-7-5-10-27-16)23-19(18)28-24-14;/h5,7,10-11,17H,4,6,8-9,12,22H2,1-3H3;1H. The number of piperidine rings is 1. The lowest BCUT2D eigenvalue weighted by Gasteiger charge is -2.42. The average molecular weight is 419 g/mol. The van der Waals surface area contributed by atoms with Crippen molar-refractivity contribution in [1.82, 2.24) is 15.0 Å². The van der Waals surface area contributed by atoms with Crippen LogP contribution in [-0.4, -0.2) is 40.1 Å². The number of likely N-dealkylation sites (tertiary alicyclic amines) is 1. The molecule has 0 bridgehead atoms. The van der Waals surface area contributed by atoms with Gasteiger partial charge in [-0.1, -0.05) is 32.3 Å². The molecule has 3 aromatic heterocycles. The molecule has 3 aromatic rings. The Kier molecular flexibility index (Phi) is 6.00. The number of hydrogen-bond donors (Lipinski definition) is 1. The van der Waals surface area contributed by atoms with Crippen molar-refractivity contribution in [2.45, 2.75) is 46.1 Å². The highest BCUT2D eigenvalue weighted by Crippen LogP contribution is 2.32. The predicted molar refractivity (Wildman–Crippen MR) is 113 cm³/mol. The highest BCUT2D eigenvalue weighted by Gasteiger charge is 2.36. The summed E-state index contributed by atoms with van der Waals surface area (Å²) in [5, 5.41) is 4.88. The van der Waals surface area contributed by atoms with Crippen molar-refractivity contribution in [3.63, 3.8) is 0 Å². The van der Waals surface area contributed by atoms with E-state index in [9.17, 15) is 4.79 Å². The van der Waals surface area contributed by atoms with Crippen LogP contribution in [0.1, 0.15) is 49.7 Å². The summed E-state index contributed by atoms with van der Waals surface area (Å²) in [6.45, 7) is 7.53. The van der Waals surface area contributed by atoms with E-state index in [1.54, 1.807) is 18.4 Å². The topological polar surface area (TPSA) is 98.4 Å². The number of hydrogen-bond acceptors (Lipinski definition) is 6. The lowest BCUT2D eigenvalue weighted by atomic mass is 9.79. The number of pyridine rings is 1. The molecule has 1 aliphatic heterocycles. The maximum Gasteiger partial charge on any atom is 0.259 e. The summed E-state index contributed by atoms with van der Waals surface area (Å²) >= 11 is 0. The first-order valence-electron chi connectivity index (χ1n) is 9.78. The number of fused-ring (bicyclic) bond motifs is 1. The van der Waals surface area contributed by atoms with E-state index in [4.69, 9.17) is 14.7 Å². The number of rotatable bonds is 4. The minimum Gasteiger partial charge on any atom is -0.463 e. The zero-order chi connectivity index (χ0) is 19.9. The number of aryl methyl sites for hydroxylation is 1. The quantitative estimate of drug-likeness (QED) is 0.686. The summed E-state index contributed by atoms with van der Waals surface area (Å²) < 4.78 is 11.0. The molecule has 4 rings (SSSR count). The molecule has 0 spiro atoms. The van der Waals surface area contributed by atoms with Crippen molar-refractivity contribution in [2.24, 2.45) is 11.1 Å². The Morgan fingerprint density at radius 2 is 2.21 bits per heavy atom. The Bertz CT molecular complexity index is 997. The van der Waals surface area contributed by atoms with Crippen LogP contribution in [0.25, 0.3) is 22.6 Å². The van der Waals surface area contributed by atoms with E-state index in [1.807, 2.05) is 11.0 Å². The van der Waals surface area contributed by atoms with Crippen LogP contribution in [0.2, 0.25) is 0 Å². The Morgan fingerprint density at radius 3 is 2.86 bits per heavy atom. The van der Waals surface area contributed by atoms with Crippen molar-refractivity contribution in [2.75, 3.05) is 13.1 Å². The minimum absolute atomic E-state index is 0. The molecule has 0 radical (unpaired) electrons. The van der Waals surface area contributed by atoms with Crippen molar-refractivity contribution >= 4 is 29.4 Å². The van der Waals surface area contributed by atoms with E-state index in [0.29, 0.717) is 41.2 Å². The van der Waals surface area contributed by atoms with Gasteiger partial charge in [0.1, 0.15) is 5.69 Å². The van der Waals surface area contributed by atoms with Gasteiger partial charge in [0.2, 0.25) is 0 Å². The molecule has 0 aliphatic carbocycles. The smallest absolute Gasteiger partial charge is 0.259 e. The fourth-order valence-electron chi connectivity index (χ4n) is 3.85. The number of aromatic nitrogens is 2. The Balaban J connectivity index is 0.00000240. The first-order valence-corrected chi connectivity index (χ1v) is 9.78. The molecule has 2 N–H and O–H groups in total. The lowest BCUT2D eigenvalue weighted by molar-refractivity contribution is 0.0535. The van der Waals surface area contributed by atoms with E-state index in [1.165, 1.54) is 0 Å². The zero-order valence-corrected chi connectivity index (χ0v) is 17.8. The predicted octanol–water partition coefficient (Wildman–Crippen LogP) is 4.06. The molecule has 1 saturated heterocycles. The van der Waals surface area contributed by atoms with Gasteiger partial charge in [0, 0.05) is 19.1 Å². The monoisotopic (exact) mass is 418 g/mol. The first-order chi connectivity index (χ1) is 13.4. The van der Waals surface area contributed by atoms with Crippen molar-refractivity contribution < 1.29 is 13.7 Å². The average Bonchev–Trinajstić information content (AvgIpc) is 3.33. The third-order valence-corrected chi connectivity index (χ3v) is 5.61. The van der Waals surface area contributed by atoms with Gasteiger partial charge in [-0.15, -0.1) is 12.4 Å². The zero-order valence-electron chi connectivity index (χ0n) is 17.0. The summed E-state index contributed by atoms with van der Waals surface area (Å²) in [5.41, 5.74) is 8.39. The molecule has 1 amide bonds. The van der Waals surface area contributed by atoms with Crippen molar-refractivity contribution in [3.8, 4) is 11.5 Å². The molecular formula is C21H27ClN4O3. The second kappa shape index (κ2) is 8.16. The minimum atomic E-state index is -0.134. The second-order valence-electron chi connectivity index (χ2n) is 8.20. The number of carbonyl (C=O) groups is 1. The second-order valence-corrected chi connectivity index (χ2v) is 8.20. The molecule has 4 heterocycles. The normalized spacial score (nSPS) is 18.6. The van der Waals surface area contributed by atoms with Crippen LogP contribution in [0, 0.1) is 5.41 Å². The number of amides is 1. The number of carbonyl (C=O) groups excluding carboxylic acids is 1. The van der Waals surface area contributed by atoms with Crippen LogP contribution < -0.4 is 5.73 Å². The molecule has 1 unspecified atom stereocenters. The highest BCUT2D eigenvalue weighted by molar-refractivity contribution is 6.07. The molecule has 7 nitrogen and oxygen atoms in total. The van der Waals surface area contributed by atoms with Gasteiger partial charge in [-0.05, 0) is 36.5 Å². The van der Waals surface area contributed by atoms with Crippen LogP contribution in [0.3, 0.4) is 0 Å². The van der Waals surface area contributed by atoms with Gasteiger partial charge in [-0.25, -0.2) is 4.98 Å². The summed E-state index contributed by atoms with van der Waals surface area (Å²) in [7, 11) is 0. The van der Waals surface area contributed by atoms with Gasteiger partial charge in [0.05, 0.1) is 22.9 Å². The van der Waals surface area contributed by atoms with Gasteiger partial charge >= 0.3 is 0 Å². The molecule has 1 aliphatic rings. The first kappa shape index (κ1) is 21.3. The van der Waals surface area contributed by atoms with Crippen LogP contribution in [0.15, 0.2) is 33.4 Å². The molecule has 8 heteroatoms. The third kappa shape index (κ3) is 3.89. The highest BCUT2D eigenvalue weighted by atomic mass is 35.5. The molecule has 0 saturated carbocycles. The van der Waals surface area contributed by atoms with Gasteiger partial charge in [0.15, 0.2) is 5.76 Å². The molecule has 29 heavy (non-hydrogen) atoms. The van der Waals surface area contributed by atoms with Crippen molar-refractivity contribution in [1.29, 1.82) is 0 Å². The maximum atomic E-state index is 13.5. The Hall–Kier alpha value is -2.38. The maximum absolute atomic E-state index is 13.5. The van der Waals surface area contributed by atoms with Crippen LogP contribution >= 0.6 is 12.4 Å². The number of nitrogens with zero attached hydrogens (tertiary/aromatic N) is 3. The van der Waals surface area contributed by atoms with E-state index >= 15 is 0 Å². The summed E-state index contributed by atoms with van der Waals surface area (Å²) in [6.07, 6.45) is 4.00. The SMILES string of the molecule is CCCc1noc2nc(-c3ccco3)cc(C(=O)N3CCC(N)C(C)(C)C3)c12.Cl. The van der Waals surface area contributed by atoms with Gasteiger partial charge in [-0.3, -0.25) is 4.79 Å². The Labute approximate surface area is 176 Å². The molecule has 156 valence electrons. The molecule has 0 aromatic carbocycles. The number of nitrogens with two attached hydrogens (primary N) is 1. The molecule has 1 atom stereocenters. The van der Waals surface area contributed by atoms with E-state index in [0.717, 1.165) is 25.0 Å². The van der Waals surface area contributed by atoms with Crippen molar-refractivity contribution in [3.05, 3.63) is 35.7 Å². The summed E-state index contributed by atoms with van der Waals surface area (Å²) in [4.78, 5) is 20.0. The Morgan fingerprint density at radius 1 is 1.41 bits per heavy atom. The molecular weight excluding hydrogens is 392 g/mol. The van der Waals surface area contributed by atoms with Crippen LogP contribution in [0.4, 0.5) is 0 Å². The number of halogens is 1. The number of furan rings is 1. The van der Waals surface area contributed by atoms with E-state index in [2.05, 4.69) is 30.9 Å². The van der Waals surface area contributed by atoms with Gasteiger partial charge in [-0.2, -0.15) is 0 Å². The molecule has 1 fully saturated rings. The van der Waals surface area contributed by atoms with Gasteiger partial charge < -0.3 is 19.6 Å². The lowest BCUT2D eigenvalue weighted by Crippen LogP contribution is -2.54. The fraction of sp³-hybridized carbons (Fsp3) is 0.476. The van der Waals surface area contributed by atoms with Crippen LogP contribution in [-0.2, 0) is 6.42 Å². The van der Waals surface area contributed by atoms with E-state index in [-0.39, 0.29) is 29.8 Å². The van der Waals surface area contributed by atoms with Crippen LogP contribution in [0.5, 0.6) is 0 Å². The van der Waals surface area contributed by atoms with Gasteiger partial charge in [0.25, 0.3) is 11.6 Å².